The zero-order chi connectivity index (χ0) is 17.5. The molecule has 0 aliphatic carbocycles. The predicted octanol–water partition coefficient (Wildman–Crippen LogP) is -0.283. The van der Waals surface area contributed by atoms with Crippen LogP contribution in [0.2, 0.25) is 0 Å². The number of carbonyl (C=O) groups excluding carboxylic acids is 1. The van der Waals surface area contributed by atoms with Gasteiger partial charge in [-0.05, 0) is 18.1 Å². The van der Waals surface area contributed by atoms with Crippen molar-refractivity contribution in [2.45, 2.75) is 13.0 Å². The standard InChI is InChI=1S/C14H18FN3O5S/c1-23-5-4-17-3-2-9-6-11(19)14(13(15)10(9)7-17)18-8-12(20)16-24(18,21)22/h6,19H,2-5,7-8H2,1H3,(H,16,20). The maximum absolute atomic E-state index is 15.0. The molecule has 0 radical (unpaired) electrons. The van der Waals surface area contributed by atoms with E-state index in [1.165, 1.54) is 6.07 Å². The van der Waals surface area contributed by atoms with Crippen LogP contribution in [0.15, 0.2) is 6.07 Å². The van der Waals surface area contributed by atoms with Crippen molar-refractivity contribution in [1.29, 1.82) is 0 Å². The first-order valence-corrected chi connectivity index (χ1v) is 8.85. The lowest BCUT2D eigenvalue weighted by molar-refractivity contribution is -0.117. The number of phenolic OH excluding ortho intramolecular Hbond substituents is 1. The van der Waals surface area contributed by atoms with E-state index in [9.17, 15) is 22.7 Å². The Hall–Kier alpha value is -1.91. The minimum absolute atomic E-state index is 0.285. The van der Waals surface area contributed by atoms with Crippen LogP contribution in [-0.2, 0) is 32.7 Å². The summed E-state index contributed by atoms with van der Waals surface area (Å²) in [7, 11) is -2.61. The number of rotatable bonds is 4. The second-order valence-electron chi connectivity index (χ2n) is 5.75. The number of benzene rings is 1. The molecule has 0 bridgehead atoms. The molecule has 0 atom stereocenters. The normalized spacial score (nSPS) is 20.1. The van der Waals surface area contributed by atoms with Crippen molar-refractivity contribution in [3.8, 4) is 5.75 Å². The first-order valence-electron chi connectivity index (χ1n) is 7.41. The van der Waals surface area contributed by atoms with Crippen molar-refractivity contribution >= 4 is 21.8 Å². The molecule has 132 valence electrons. The highest BCUT2D eigenvalue weighted by Crippen LogP contribution is 2.38. The maximum atomic E-state index is 15.0. The zero-order valence-electron chi connectivity index (χ0n) is 13.1. The Morgan fingerprint density at radius 1 is 1.42 bits per heavy atom. The lowest BCUT2D eigenvalue weighted by Gasteiger charge is -2.30. The highest BCUT2D eigenvalue weighted by molar-refractivity contribution is 7.92. The number of hydrogen-bond acceptors (Lipinski definition) is 6. The third-order valence-corrected chi connectivity index (χ3v) is 5.55. The average Bonchev–Trinajstić information content (AvgIpc) is 2.78. The molecule has 2 aliphatic heterocycles. The van der Waals surface area contributed by atoms with Crippen molar-refractivity contribution < 1.29 is 27.4 Å². The van der Waals surface area contributed by atoms with Crippen LogP contribution in [0, 0.1) is 5.82 Å². The number of nitrogens with zero attached hydrogens (tertiary/aromatic N) is 2. The Kier molecular flexibility index (Phi) is 4.37. The summed E-state index contributed by atoms with van der Waals surface area (Å²) < 4.78 is 46.2. The molecule has 0 saturated carbocycles. The molecule has 2 heterocycles. The van der Waals surface area contributed by atoms with Crippen molar-refractivity contribution in [3.05, 3.63) is 23.0 Å². The Morgan fingerprint density at radius 2 is 2.17 bits per heavy atom. The number of carbonyl (C=O) groups is 1. The second kappa shape index (κ2) is 6.19. The van der Waals surface area contributed by atoms with Crippen LogP contribution in [0.4, 0.5) is 10.1 Å². The maximum Gasteiger partial charge on any atom is 0.326 e. The molecule has 1 fully saturated rings. The van der Waals surface area contributed by atoms with Crippen LogP contribution < -0.4 is 9.03 Å². The Labute approximate surface area is 139 Å². The molecule has 0 spiro atoms. The molecule has 1 aromatic rings. The molecule has 2 N–H and O–H groups in total. The number of anilines is 1. The summed E-state index contributed by atoms with van der Waals surface area (Å²) in [5.74, 6) is -2.07. The van der Waals surface area contributed by atoms with Crippen LogP contribution in [0.5, 0.6) is 5.75 Å². The monoisotopic (exact) mass is 359 g/mol. The zero-order valence-corrected chi connectivity index (χ0v) is 13.9. The predicted molar refractivity (Wildman–Crippen MR) is 83.3 cm³/mol. The van der Waals surface area contributed by atoms with E-state index < -0.39 is 39.9 Å². The van der Waals surface area contributed by atoms with Crippen LogP contribution in [0.1, 0.15) is 11.1 Å². The fraction of sp³-hybridized carbons (Fsp3) is 0.500. The van der Waals surface area contributed by atoms with Gasteiger partial charge in [-0.1, -0.05) is 0 Å². The van der Waals surface area contributed by atoms with Crippen molar-refractivity contribution in [2.75, 3.05) is 37.7 Å². The van der Waals surface area contributed by atoms with Gasteiger partial charge in [0.25, 0.3) is 5.91 Å². The van der Waals surface area contributed by atoms with Gasteiger partial charge < -0.3 is 9.84 Å². The molecule has 2 aliphatic rings. The number of ether oxygens (including phenoxy) is 1. The van der Waals surface area contributed by atoms with Gasteiger partial charge in [0.05, 0.1) is 6.61 Å². The van der Waals surface area contributed by atoms with Crippen LogP contribution in [-0.4, -0.2) is 57.7 Å². The number of phenols is 1. The molecule has 24 heavy (non-hydrogen) atoms. The van der Waals surface area contributed by atoms with Crippen LogP contribution in [0.3, 0.4) is 0 Å². The number of nitrogens with one attached hydrogen (secondary N) is 1. The van der Waals surface area contributed by atoms with E-state index in [0.717, 1.165) is 0 Å². The highest BCUT2D eigenvalue weighted by atomic mass is 32.2. The Balaban J connectivity index is 2.00. The fourth-order valence-electron chi connectivity index (χ4n) is 2.99. The smallest absolute Gasteiger partial charge is 0.326 e. The third-order valence-electron chi connectivity index (χ3n) is 4.17. The summed E-state index contributed by atoms with van der Waals surface area (Å²) in [4.78, 5) is 13.3. The summed E-state index contributed by atoms with van der Waals surface area (Å²) in [5, 5.41) is 10.1. The summed E-state index contributed by atoms with van der Waals surface area (Å²) >= 11 is 0. The van der Waals surface area contributed by atoms with E-state index >= 15 is 0 Å². The van der Waals surface area contributed by atoms with Crippen molar-refractivity contribution in [2.24, 2.45) is 0 Å². The highest BCUT2D eigenvalue weighted by Gasteiger charge is 2.38. The van der Waals surface area contributed by atoms with E-state index in [0.29, 0.717) is 41.5 Å². The summed E-state index contributed by atoms with van der Waals surface area (Å²) in [6.07, 6.45) is 0.535. The van der Waals surface area contributed by atoms with Gasteiger partial charge in [-0.15, -0.1) is 0 Å². The quantitative estimate of drug-likeness (QED) is 0.767. The van der Waals surface area contributed by atoms with Gasteiger partial charge in [0.2, 0.25) is 0 Å². The van der Waals surface area contributed by atoms with E-state index in [4.69, 9.17) is 4.74 Å². The molecule has 0 unspecified atom stereocenters. The van der Waals surface area contributed by atoms with Crippen molar-refractivity contribution in [3.63, 3.8) is 0 Å². The number of aromatic hydroxyl groups is 1. The Bertz CT molecular complexity index is 783. The number of halogens is 1. The molecule has 8 nitrogen and oxygen atoms in total. The summed E-state index contributed by atoms with van der Waals surface area (Å²) in [5.41, 5.74) is 0.485. The van der Waals surface area contributed by atoms with Gasteiger partial charge in [-0.3, -0.25) is 9.69 Å². The number of amides is 1. The molecule has 1 aromatic carbocycles. The average molecular weight is 359 g/mol. The van der Waals surface area contributed by atoms with Gasteiger partial charge >= 0.3 is 10.2 Å². The molecular weight excluding hydrogens is 341 g/mol. The van der Waals surface area contributed by atoms with Gasteiger partial charge in [-0.25, -0.2) is 13.4 Å². The largest absolute Gasteiger partial charge is 0.506 e. The first kappa shape index (κ1) is 16.9. The number of methoxy groups -OCH3 is 1. The minimum Gasteiger partial charge on any atom is -0.506 e. The Morgan fingerprint density at radius 3 is 2.79 bits per heavy atom. The molecule has 0 aromatic heterocycles. The van der Waals surface area contributed by atoms with E-state index in [2.05, 4.69) is 0 Å². The molecule has 10 heteroatoms. The fourth-order valence-corrected chi connectivity index (χ4v) is 4.15. The van der Waals surface area contributed by atoms with E-state index in [1.54, 1.807) is 11.8 Å². The van der Waals surface area contributed by atoms with E-state index in [-0.39, 0.29) is 6.54 Å². The van der Waals surface area contributed by atoms with Crippen molar-refractivity contribution in [1.82, 2.24) is 9.62 Å². The minimum atomic E-state index is -4.19. The molecule has 3 rings (SSSR count). The number of hydrogen-bond donors (Lipinski definition) is 2. The van der Waals surface area contributed by atoms with Gasteiger partial charge in [-0.2, -0.15) is 8.42 Å². The lowest BCUT2D eigenvalue weighted by Crippen LogP contribution is -2.35. The van der Waals surface area contributed by atoms with Gasteiger partial charge in [0.15, 0.2) is 5.82 Å². The van der Waals surface area contributed by atoms with Gasteiger partial charge in [0.1, 0.15) is 18.0 Å². The number of fused-ring (bicyclic) bond motifs is 1. The third kappa shape index (κ3) is 2.92. The molecular formula is C14H18FN3O5S. The summed E-state index contributed by atoms with van der Waals surface area (Å²) in [6, 6.07) is 1.37. The summed E-state index contributed by atoms with van der Waals surface area (Å²) in [6.45, 7) is 1.54. The van der Waals surface area contributed by atoms with Crippen LogP contribution in [0.25, 0.3) is 0 Å². The molecule has 1 amide bonds. The van der Waals surface area contributed by atoms with Gasteiger partial charge in [0, 0.05) is 32.3 Å². The second-order valence-corrected chi connectivity index (χ2v) is 7.35. The van der Waals surface area contributed by atoms with E-state index in [1.807, 2.05) is 4.90 Å². The van der Waals surface area contributed by atoms with Crippen LogP contribution >= 0.6 is 0 Å². The molecule has 1 saturated heterocycles. The topological polar surface area (TPSA) is 99.2 Å². The lowest BCUT2D eigenvalue weighted by atomic mass is 9.97. The first-order chi connectivity index (χ1) is 11.3. The SMILES string of the molecule is COCCN1CCc2cc(O)c(N3CC(=O)NS3(=O)=O)c(F)c2C1.